The second-order valence-electron chi connectivity index (χ2n) is 9.08. The molecular formula is C27H32Br2N2O5S. The van der Waals surface area contributed by atoms with Gasteiger partial charge in [0.15, 0.2) is 5.04 Å². The Balaban J connectivity index is 1.38. The Morgan fingerprint density at radius 1 is 1.14 bits per heavy atom. The molecule has 10 heteroatoms. The number of nitrogens with zero attached hydrogens (tertiary/aromatic N) is 2. The first kappa shape index (κ1) is 28.4. The maximum atomic E-state index is 13.3. The normalized spacial score (nSPS) is 18.2. The number of rotatable bonds is 11. The third-order valence-electron chi connectivity index (χ3n) is 6.55. The molecule has 1 unspecified atom stereocenters. The maximum Gasteiger partial charge on any atom is 0.278 e. The van der Waals surface area contributed by atoms with E-state index in [-0.39, 0.29) is 17.7 Å². The number of likely N-dealkylation sites (tertiary alicyclic amines) is 1. The van der Waals surface area contributed by atoms with Crippen LogP contribution in [0.15, 0.2) is 50.3 Å². The highest BCUT2D eigenvalue weighted by atomic mass is 79.9. The summed E-state index contributed by atoms with van der Waals surface area (Å²) in [4.78, 5) is 20.0. The van der Waals surface area contributed by atoms with Crippen LogP contribution in [-0.2, 0) is 20.7 Å². The van der Waals surface area contributed by atoms with Crippen LogP contribution >= 0.6 is 43.6 Å². The molecule has 2 heterocycles. The monoisotopic (exact) mass is 654 g/mol. The molecule has 1 saturated heterocycles. The highest BCUT2D eigenvalue weighted by molar-refractivity contribution is 9.11. The van der Waals surface area contributed by atoms with E-state index in [9.17, 15) is 9.90 Å². The van der Waals surface area contributed by atoms with Gasteiger partial charge in [-0.15, -0.1) is 0 Å². The quantitative estimate of drug-likeness (QED) is 0.316. The number of ether oxygens (including phenoxy) is 3. The lowest BCUT2D eigenvalue weighted by Gasteiger charge is -2.32. The number of halogens is 2. The zero-order chi connectivity index (χ0) is 26.2. The third-order valence-corrected chi connectivity index (χ3v) is 8.92. The van der Waals surface area contributed by atoms with Crippen LogP contribution < -0.4 is 4.74 Å². The van der Waals surface area contributed by atoms with Gasteiger partial charge in [-0.05, 0) is 68.7 Å². The zero-order valence-electron chi connectivity index (χ0n) is 20.8. The molecule has 0 aromatic heterocycles. The van der Waals surface area contributed by atoms with Gasteiger partial charge < -0.3 is 24.2 Å². The summed E-state index contributed by atoms with van der Waals surface area (Å²) >= 11 is 8.37. The van der Waals surface area contributed by atoms with Crippen LogP contribution in [0.5, 0.6) is 11.5 Å². The van der Waals surface area contributed by atoms with Crippen LogP contribution in [0.4, 0.5) is 0 Å². The molecule has 0 bridgehead atoms. The summed E-state index contributed by atoms with van der Waals surface area (Å²) in [5, 5.41) is 11.0. The van der Waals surface area contributed by atoms with E-state index in [2.05, 4.69) is 56.1 Å². The lowest BCUT2D eigenvalue weighted by atomic mass is 9.90. The van der Waals surface area contributed by atoms with Crippen molar-refractivity contribution < 1.29 is 24.1 Å². The Bertz CT molecular complexity index is 1090. The molecule has 1 N–H and O–H groups in total. The Hall–Kier alpha value is -1.59. The average Bonchev–Trinajstić information content (AvgIpc) is 3.41. The first-order valence-electron chi connectivity index (χ1n) is 12.4. The Labute approximate surface area is 239 Å². The second kappa shape index (κ2) is 14.0. The second-order valence-corrected chi connectivity index (χ2v) is 11.7. The van der Waals surface area contributed by atoms with Gasteiger partial charge in [0.2, 0.25) is 0 Å². The zero-order valence-corrected chi connectivity index (χ0v) is 24.8. The number of hydrogen-bond donors (Lipinski definition) is 1. The number of piperidine rings is 1. The number of phenolic OH excluding ortho intramolecular Hbond substituents is 1. The van der Waals surface area contributed by atoms with Crippen molar-refractivity contribution in [2.75, 3.05) is 52.4 Å². The number of phenols is 1. The Kier molecular flexibility index (Phi) is 10.7. The van der Waals surface area contributed by atoms with Crippen molar-refractivity contribution in [2.24, 2.45) is 10.9 Å². The minimum absolute atomic E-state index is 0.0107. The van der Waals surface area contributed by atoms with E-state index in [1.54, 1.807) is 7.11 Å². The van der Waals surface area contributed by atoms with E-state index >= 15 is 0 Å². The van der Waals surface area contributed by atoms with Crippen LogP contribution in [0.1, 0.15) is 30.0 Å². The molecule has 2 aromatic rings. The maximum absolute atomic E-state index is 13.3. The molecule has 200 valence electrons. The van der Waals surface area contributed by atoms with Gasteiger partial charge in [-0.3, -0.25) is 9.79 Å². The van der Waals surface area contributed by atoms with Crippen LogP contribution in [0.25, 0.3) is 0 Å². The Morgan fingerprint density at radius 2 is 1.86 bits per heavy atom. The summed E-state index contributed by atoms with van der Waals surface area (Å²) in [7, 11) is 1.63. The number of hydrogen-bond acceptors (Lipinski definition) is 7. The first-order valence-corrected chi connectivity index (χ1v) is 15.0. The summed E-state index contributed by atoms with van der Waals surface area (Å²) in [6, 6.07) is 12.1. The van der Waals surface area contributed by atoms with Gasteiger partial charge in [-0.25, -0.2) is 0 Å². The van der Waals surface area contributed by atoms with Gasteiger partial charge in [0.05, 0.1) is 30.3 Å². The average molecular weight is 656 g/mol. The molecule has 2 aromatic carbocycles. The molecule has 4 rings (SSSR count). The SMILES string of the molecule is COCCOCCOc1c(C2CSC(C(=O)N3CCC(Cc4ccccc4)CC3)=N2)cc(Br)c(O)c1Br. The smallest absolute Gasteiger partial charge is 0.278 e. The van der Waals surface area contributed by atoms with E-state index in [1.165, 1.54) is 17.3 Å². The van der Waals surface area contributed by atoms with E-state index in [0.717, 1.165) is 37.9 Å². The molecule has 0 saturated carbocycles. The van der Waals surface area contributed by atoms with Gasteiger partial charge in [0.25, 0.3) is 5.91 Å². The van der Waals surface area contributed by atoms with E-state index < -0.39 is 0 Å². The number of carbonyl (C=O) groups excluding carboxylic acids is 1. The van der Waals surface area contributed by atoms with Crippen molar-refractivity contribution in [2.45, 2.75) is 25.3 Å². The summed E-state index contributed by atoms with van der Waals surface area (Å²) in [6.45, 7) is 3.21. The number of thioether (sulfide) groups is 1. The first-order chi connectivity index (χ1) is 18.0. The largest absolute Gasteiger partial charge is 0.505 e. The summed E-state index contributed by atoms with van der Waals surface area (Å²) in [6.07, 6.45) is 3.07. The van der Waals surface area contributed by atoms with Gasteiger partial charge >= 0.3 is 0 Å². The van der Waals surface area contributed by atoms with Crippen molar-refractivity contribution in [1.29, 1.82) is 0 Å². The molecule has 2 aliphatic rings. The van der Waals surface area contributed by atoms with Gasteiger partial charge in [0.1, 0.15) is 22.6 Å². The summed E-state index contributed by atoms with van der Waals surface area (Å²) < 4.78 is 17.5. The molecule has 0 spiro atoms. The molecule has 7 nitrogen and oxygen atoms in total. The highest BCUT2D eigenvalue weighted by Gasteiger charge is 2.32. The number of aromatic hydroxyl groups is 1. The molecule has 1 amide bonds. The van der Waals surface area contributed by atoms with Crippen molar-refractivity contribution in [3.05, 3.63) is 56.5 Å². The predicted molar refractivity (Wildman–Crippen MR) is 154 cm³/mol. The fraction of sp³-hybridized carbons (Fsp3) is 0.481. The number of amides is 1. The van der Waals surface area contributed by atoms with Crippen LogP contribution in [0.2, 0.25) is 0 Å². The van der Waals surface area contributed by atoms with E-state index in [0.29, 0.717) is 57.8 Å². The Morgan fingerprint density at radius 3 is 2.59 bits per heavy atom. The molecule has 1 atom stereocenters. The topological polar surface area (TPSA) is 80.6 Å². The van der Waals surface area contributed by atoms with Gasteiger partial charge in [-0.2, -0.15) is 0 Å². The standard InChI is InChI=1S/C27H32Br2N2O5S/c1-34-11-12-35-13-14-36-25-20(16-21(28)24(32)23(25)29)22-17-37-26(30-22)27(33)31-9-7-19(8-10-31)15-18-5-3-2-4-6-18/h2-6,16,19,22,32H,7-15,17H2,1H3. The lowest BCUT2D eigenvalue weighted by molar-refractivity contribution is -0.125. The third kappa shape index (κ3) is 7.50. The molecular weight excluding hydrogens is 624 g/mol. The molecule has 0 aliphatic carbocycles. The van der Waals surface area contributed by atoms with Crippen molar-refractivity contribution >= 4 is 54.6 Å². The van der Waals surface area contributed by atoms with E-state index in [1.807, 2.05) is 17.0 Å². The molecule has 1 fully saturated rings. The van der Waals surface area contributed by atoms with Crippen LogP contribution in [0, 0.1) is 5.92 Å². The van der Waals surface area contributed by atoms with Crippen LogP contribution in [-0.4, -0.2) is 73.3 Å². The fourth-order valence-electron chi connectivity index (χ4n) is 4.52. The minimum Gasteiger partial charge on any atom is -0.505 e. The number of benzene rings is 2. The highest BCUT2D eigenvalue weighted by Crippen LogP contribution is 2.47. The van der Waals surface area contributed by atoms with E-state index in [4.69, 9.17) is 19.2 Å². The number of methoxy groups -OCH3 is 1. The van der Waals surface area contributed by atoms with Crippen molar-refractivity contribution in [1.82, 2.24) is 4.90 Å². The summed E-state index contributed by atoms with van der Waals surface area (Å²) in [5.74, 6) is 1.82. The molecule has 37 heavy (non-hydrogen) atoms. The fourth-order valence-corrected chi connectivity index (χ4v) is 6.82. The lowest BCUT2D eigenvalue weighted by Crippen LogP contribution is -2.41. The van der Waals surface area contributed by atoms with Crippen molar-refractivity contribution in [3.8, 4) is 11.5 Å². The number of aliphatic imine (C=N–C) groups is 1. The molecule has 2 aliphatic heterocycles. The van der Waals surface area contributed by atoms with Gasteiger partial charge in [-0.1, -0.05) is 42.1 Å². The number of carbonyl (C=O) groups is 1. The predicted octanol–water partition coefficient (Wildman–Crippen LogP) is 5.63. The van der Waals surface area contributed by atoms with Crippen molar-refractivity contribution in [3.63, 3.8) is 0 Å². The molecule has 0 radical (unpaired) electrons. The van der Waals surface area contributed by atoms with Crippen LogP contribution in [0.3, 0.4) is 0 Å². The van der Waals surface area contributed by atoms with Gasteiger partial charge in [0, 0.05) is 31.5 Å². The minimum atomic E-state index is -0.253. The summed E-state index contributed by atoms with van der Waals surface area (Å²) in [5.41, 5.74) is 2.17.